The Balaban J connectivity index is 1.90. The lowest BCUT2D eigenvalue weighted by atomic mass is 9.77. The molecular formula is C12H20O. The third kappa shape index (κ3) is 0.918. The summed E-state index contributed by atoms with van der Waals surface area (Å²) in [6, 6.07) is 0. The fourth-order valence-electron chi connectivity index (χ4n) is 4.56. The second-order valence-electron chi connectivity index (χ2n) is 5.16. The van der Waals surface area contributed by atoms with Crippen molar-refractivity contribution in [3.8, 4) is 0 Å². The molecule has 0 radical (unpaired) electrons. The number of fused-ring (bicyclic) bond motifs is 5. The van der Waals surface area contributed by atoms with Crippen molar-refractivity contribution in [1.29, 1.82) is 0 Å². The van der Waals surface area contributed by atoms with E-state index in [1.54, 1.807) is 0 Å². The molecule has 0 aromatic rings. The van der Waals surface area contributed by atoms with Crippen LogP contribution in [0.1, 0.15) is 45.4 Å². The van der Waals surface area contributed by atoms with E-state index in [9.17, 15) is 0 Å². The summed E-state index contributed by atoms with van der Waals surface area (Å²) in [5, 5.41) is 0. The lowest BCUT2D eigenvalue weighted by molar-refractivity contribution is -0.0987. The highest BCUT2D eigenvalue weighted by atomic mass is 16.5. The van der Waals surface area contributed by atoms with Gasteiger partial charge in [0, 0.05) is 6.61 Å². The van der Waals surface area contributed by atoms with Gasteiger partial charge in [0.05, 0.1) is 5.60 Å². The van der Waals surface area contributed by atoms with E-state index in [2.05, 4.69) is 6.92 Å². The molecule has 0 heterocycles. The SMILES string of the molecule is CCOC12CCCC1C1CCC2C1. The molecule has 0 spiro atoms. The number of hydrogen-bond donors (Lipinski definition) is 0. The van der Waals surface area contributed by atoms with E-state index in [-0.39, 0.29) is 0 Å². The summed E-state index contributed by atoms with van der Waals surface area (Å²) in [6.07, 6.45) is 8.71. The monoisotopic (exact) mass is 180 g/mol. The van der Waals surface area contributed by atoms with Crippen molar-refractivity contribution in [2.75, 3.05) is 6.61 Å². The molecule has 0 saturated heterocycles. The molecule has 1 nitrogen and oxygen atoms in total. The molecule has 0 aromatic heterocycles. The van der Waals surface area contributed by atoms with Gasteiger partial charge in [-0.25, -0.2) is 0 Å². The minimum absolute atomic E-state index is 0.373. The zero-order chi connectivity index (χ0) is 8.89. The normalized spacial score (nSPS) is 52.8. The zero-order valence-corrected chi connectivity index (χ0v) is 8.59. The van der Waals surface area contributed by atoms with E-state index in [0.717, 1.165) is 24.4 Å². The van der Waals surface area contributed by atoms with Gasteiger partial charge in [0.25, 0.3) is 0 Å². The Morgan fingerprint density at radius 3 is 3.08 bits per heavy atom. The van der Waals surface area contributed by atoms with Crippen molar-refractivity contribution < 1.29 is 4.74 Å². The van der Waals surface area contributed by atoms with Gasteiger partial charge in [-0.05, 0) is 56.8 Å². The van der Waals surface area contributed by atoms with Crippen LogP contribution < -0.4 is 0 Å². The van der Waals surface area contributed by atoms with Crippen LogP contribution in [0.4, 0.5) is 0 Å². The van der Waals surface area contributed by atoms with E-state index in [4.69, 9.17) is 4.74 Å². The predicted molar refractivity (Wildman–Crippen MR) is 52.5 cm³/mol. The predicted octanol–water partition coefficient (Wildman–Crippen LogP) is 2.99. The molecule has 3 rings (SSSR count). The molecule has 13 heavy (non-hydrogen) atoms. The summed E-state index contributed by atoms with van der Waals surface area (Å²) in [4.78, 5) is 0. The van der Waals surface area contributed by atoms with Crippen molar-refractivity contribution >= 4 is 0 Å². The Kier molecular flexibility index (Phi) is 1.74. The van der Waals surface area contributed by atoms with E-state index in [1.807, 2.05) is 0 Å². The second-order valence-corrected chi connectivity index (χ2v) is 5.16. The Bertz CT molecular complexity index is 213. The molecule has 3 fully saturated rings. The van der Waals surface area contributed by atoms with Crippen LogP contribution in [0.5, 0.6) is 0 Å². The van der Waals surface area contributed by atoms with Crippen molar-refractivity contribution in [1.82, 2.24) is 0 Å². The smallest absolute Gasteiger partial charge is 0.0741 e. The topological polar surface area (TPSA) is 9.23 Å². The van der Waals surface area contributed by atoms with Gasteiger partial charge in [-0.1, -0.05) is 6.42 Å². The minimum atomic E-state index is 0.373. The first-order valence-corrected chi connectivity index (χ1v) is 6.01. The summed E-state index contributed by atoms with van der Waals surface area (Å²) in [5.74, 6) is 2.93. The molecule has 2 bridgehead atoms. The molecule has 3 aliphatic carbocycles. The summed E-state index contributed by atoms with van der Waals surface area (Å²) in [6.45, 7) is 3.09. The molecule has 4 unspecified atom stereocenters. The Labute approximate surface area is 80.8 Å². The first-order valence-electron chi connectivity index (χ1n) is 6.01. The van der Waals surface area contributed by atoms with Gasteiger partial charge in [0.15, 0.2) is 0 Å². The quantitative estimate of drug-likeness (QED) is 0.634. The van der Waals surface area contributed by atoms with Gasteiger partial charge in [-0.15, -0.1) is 0 Å². The average Bonchev–Trinajstić information content (AvgIpc) is 2.72. The lowest BCUT2D eigenvalue weighted by Crippen LogP contribution is -2.42. The Hall–Kier alpha value is -0.0400. The van der Waals surface area contributed by atoms with Crippen molar-refractivity contribution in [3.63, 3.8) is 0 Å². The average molecular weight is 180 g/mol. The van der Waals surface area contributed by atoms with Gasteiger partial charge in [0.1, 0.15) is 0 Å². The van der Waals surface area contributed by atoms with Gasteiger partial charge in [-0.2, -0.15) is 0 Å². The molecule has 0 N–H and O–H groups in total. The largest absolute Gasteiger partial charge is 0.375 e. The van der Waals surface area contributed by atoms with Crippen LogP contribution >= 0.6 is 0 Å². The lowest BCUT2D eigenvalue weighted by Gasteiger charge is -2.39. The van der Waals surface area contributed by atoms with Crippen molar-refractivity contribution in [2.45, 2.75) is 51.0 Å². The van der Waals surface area contributed by atoms with Crippen LogP contribution in [0.2, 0.25) is 0 Å². The van der Waals surface area contributed by atoms with E-state index >= 15 is 0 Å². The van der Waals surface area contributed by atoms with E-state index < -0.39 is 0 Å². The van der Waals surface area contributed by atoms with Crippen molar-refractivity contribution in [2.24, 2.45) is 17.8 Å². The standard InChI is InChI=1S/C12H20O/c1-2-13-12-7-3-4-11(12)9-5-6-10(12)8-9/h9-11H,2-8H2,1H3. The molecule has 3 saturated carbocycles. The number of ether oxygens (including phenoxy) is 1. The maximum Gasteiger partial charge on any atom is 0.0741 e. The van der Waals surface area contributed by atoms with Gasteiger partial charge in [-0.3, -0.25) is 0 Å². The third-order valence-corrected chi connectivity index (χ3v) is 4.86. The highest BCUT2D eigenvalue weighted by Crippen LogP contribution is 2.62. The maximum atomic E-state index is 6.15. The molecule has 3 aliphatic rings. The minimum Gasteiger partial charge on any atom is -0.375 e. The number of rotatable bonds is 2. The molecule has 0 amide bonds. The first-order chi connectivity index (χ1) is 6.37. The zero-order valence-electron chi connectivity index (χ0n) is 8.59. The first kappa shape index (κ1) is 8.28. The fourth-order valence-corrected chi connectivity index (χ4v) is 4.56. The van der Waals surface area contributed by atoms with E-state index in [1.165, 1.54) is 38.5 Å². The number of hydrogen-bond acceptors (Lipinski definition) is 1. The maximum absolute atomic E-state index is 6.15. The summed E-state index contributed by atoms with van der Waals surface area (Å²) in [7, 11) is 0. The molecular weight excluding hydrogens is 160 g/mol. The summed E-state index contributed by atoms with van der Waals surface area (Å²) < 4.78 is 6.15. The summed E-state index contributed by atoms with van der Waals surface area (Å²) in [5.41, 5.74) is 0.373. The molecule has 0 aliphatic heterocycles. The van der Waals surface area contributed by atoms with Gasteiger partial charge >= 0.3 is 0 Å². The highest BCUT2D eigenvalue weighted by molar-refractivity contribution is 5.10. The second kappa shape index (κ2) is 2.73. The summed E-state index contributed by atoms with van der Waals surface area (Å²) >= 11 is 0. The van der Waals surface area contributed by atoms with Gasteiger partial charge < -0.3 is 4.74 Å². The van der Waals surface area contributed by atoms with Crippen LogP contribution in [0.3, 0.4) is 0 Å². The highest BCUT2D eigenvalue weighted by Gasteiger charge is 2.60. The van der Waals surface area contributed by atoms with E-state index in [0.29, 0.717) is 5.60 Å². The van der Waals surface area contributed by atoms with Crippen LogP contribution in [0.25, 0.3) is 0 Å². The molecule has 1 heteroatoms. The third-order valence-electron chi connectivity index (χ3n) is 4.86. The molecule has 4 atom stereocenters. The van der Waals surface area contributed by atoms with Gasteiger partial charge in [0.2, 0.25) is 0 Å². The Morgan fingerprint density at radius 2 is 2.23 bits per heavy atom. The van der Waals surface area contributed by atoms with Crippen LogP contribution in [-0.4, -0.2) is 12.2 Å². The molecule has 0 aromatic carbocycles. The molecule has 74 valence electrons. The van der Waals surface area contributed by atoms with Crippen molar-refractivity contribution in [3.05, 3.63) is 0 Å². The Morgan fingerprint density at radius 1 is 1.31 bits per heavy atom. The fraction of sp³-hybridized carbons (Fsp3) is 1.00. The van der Waals surface area contributed by atoms with Crippen LogP contribution in [0.15, 0.2) is 0 Å². The van der Waals surface area contributed by atoms with Crippen LogP contribution in [-0.2, 0) is 4.74 Å². The van der Waals surface area contributed by atoms with Crippen LogP contribution in [0, 0.1) is 17.8 Å².